The van der Waals surface area contributed by atoms with Crippen molar-refractivity contribution in [2.24, 2.45) is 0 Å². The maximum Gasteiger partial charge on any atom is 4.00 e. The molecule has 2 nitrogen and oxygen atoms in total. The van der Waals surface area contributed by atoms with E-state index in [4.69, 9.17) is 0 Å². The summed E-state index contributed by atoms with van der Waals surface area (Å²) in [5, 5.41) is 9.98. The van der Waals surface area contributed by atoms with Crippen molar-refractivity contribution >= 4 is 5.78 Å². The van der Waals surface area contributed by atoms with E-state index >= 15 is 0 Å². The first-order chi connectivity index (χ1) is 3.13. The number of rotatable bonds is 1. The summed E-state index contributed by atoms with van der Waals surface area (Å²) in [7, 11) is 0. The van der Waals surface area contributed by atoms with Crippen LogP contribution in [-0.4, -0.2) is 5.78 Å². The van der Waals surface area contributed by atoms with Crippen molar-refractivity contribution in [3.63, 3.8) is 0 Å². The monoisotopic (exact) mass is 336 g/mol. The third-order valence-electron chi connectivity index (χ3n) is 0.407. The number of carbonyl (C=O) groups excluding carboxylic acids is 1. The van der Waals surface area contributed by atoms with Crippen LogP contribution in [0.4, 0.5) is 0 Å². The van der Waals surface area contributed by atoms with E-state index < -0.39 is 0 Å². The summed E-state index contributed by atoms with van der Waals surface area (Å²) in [6.07, 6.45) is 1.06. The number of hydrogen-bond donors (Lipinski definition) is 0. The van der Waals surface area contributed by atoms with Crippen molar-refractivity contribution in [2.45, 2.75) is 13.8 Å². The smallest absolute Gasteiger partial charge is 1.00 e. The molecule has 0 aromatic heterocycles. The van der Waals surface area contributed by atoms with Crippen LogP contribution >= 0.6 is 0 Å². The molecule has 0 unspecified atom stereocenters. The Hall–Kier alpha value is -0.130. The third kappa shape index (κ3) is 40.8. The number of halogens is 3. The molecule has 0 atom stereocenters. The first kappa shape index (κ1) is 30.7. The van der Waals surface area contributed by atoms with Gasteiger partial charge in [0.2, 0.25) is 0 Å². The van der Waals surface area contributed by atoms with E-state index in [0.29, 0.717) is 0 Å². The molecule has 0 spiro atoms. The second kappa shape index (κ2) is 16.5. The van der Waals surface area contributed by atoms with Crippen molar-refractivity contribution in [1.82, 2.24) is 0 Å². The standard InChI is InChI=1S/C5H8O2.3FH.Hf/c1-4(6)3-5(2)7;;;;/h3,6H,1-2H3;3*1H;/q;;;;+4/p-4/b4-3-;;;;. The summed E-state index contributed by atoms with van der Waals surface area (Å²) in [5.41, 5.74) is 0. The van der Waals surface area contributed by atoms with E-state index in [-0.39, 0.29) is 51.5 Å². The van der Waals surface area contributed by atoms with E-state index in [1.165, 1.54) is 13.8 Å². The van der Waals surface area contributed by atoms with Gasteiger partial charge in [-0.05, 0) is 13.0 Å². The SMILES string of the molecule is CC(=O)/C=C(/C)[O-].[F-].[F-].[F-].[Hf+4]. The van der Waals surface area contributed by atoms with Crippen molar-refractivity contribution < 1.29 is 49.9 Å². The molecule has 0 aliphatic carbocycles. The van der Waals surface area contributed by atoms with Gasteiger partial charge < -0.3 is 19.2 Å². The fraction of sp³-hybridized carbons (Fsp3) is 0.400. The molecule has 0 amide bonds. The summed E-state index contributed by atoms with van der Waals surface area (Å²) >= 11 is 0. The molecule has 0 radical (unpaired) electrons. The van der Waals surface area contributed by atoms with Crippen molar-refractivity contribution in [3.8, 4) is 0 Å². The summed E-state index contributed by atoms with van der Waals surface area (Å²) < 4.78 is 0. The Bertz CT molecular complexity index is 112. The maximum atomic E-state index is 9.98. The maximum absolute atomic E-state index is 9.98. The van der Waals surface area contributed by atoms with Crippen LogP contribution in [0.25, 0.3) is 0 Å². The molecule has 0 N–H and O–H groups in total. The van der Waals surface area contributed by atoms with Crippen LogP contribution < -0.4 is 19.2 Å². The van der Waals surface area contributed by atoms with Gasteiger partial charge in [0.15, 0.2) is 5.78 Å². The Morgan fingerprint density at radius 1 is 1.18 bits per heavy atom. The summed E-state index contributed by atoms with van der Waals surface area (Å²) in [4.78, 5) is 9.98. The fourth-order valence-corrected chi connectivity index (χ4v) is 0.286. The average Bonchev–Trinajstić information content (AvgIpc) is 1.27. The normalized spacial score (nSPS) is 7.27. The van der Waals surface area contributed by atoms with E-state index in [9.17, 15) is 9.90 Å². The van der Waals surface area contributed by atoms with E-state index in [0.717, 1.165) is 6.08 Å². The predicted octanol–water partition coefficient (Wildman–Crippen LogP) is -9.15. The number of carbonyl (C=O) groups is 1. The zero-order valence-corrected chi connectivity index (χ0v) is 9.62. The molecule has 0 aliphatic heterocycles. The predicted molar refractivity (Wildman–Crippen MR) is 24.4 cm³/mol. The molecular weight excluding hydrogens is 328 g/mol. The summed E-state index contributed by atoms with van der Waals surface area (Å²) in [6, 6.07) is 0. The van der Waals surface area contributed by atoms with Crippen molar-refractivity contribution in [2.75, 3.05) is 0 Å². The molecule has 64 valence electrons. The van der Waals surface area contributed by atoms with Crippen molar-refractivity contribution in [1.29, 1.82) is 0 Å². The second-order valence-corrected chi connectivity index (χ2v) is 1.37. The molecule has 0 aliphatic rings. The summed E-state index contributed by atoms with van der Waals surface area (Å²) in [5.74, 6) is -0.375. The number of allylic oxidation sites excluding steroid dienone is 2. The van der Waals surface area contributed by atoms with Crippen LogP contribution in [-0.2, 0) is 30.6 Å². The van der Waals surface area contributed by atoms with Crippen LogP contribution in [0.3, 0.4) is 0 Å². The Balaban J connectivity index is -0.0000000300. The van der Waals surface area contributed by atoms with Gasteiger partial charge in [-0.1, -0.05) is 6.92 Å². The minimum atomic E-state index is -0.187. The minimum absolute atomic E-state index is 0. The molecule has 0 fully saturated rings. The first-order valence-corrected chi connectivity index (χ1v) is 1.99. The van der Waals surface area contributed by atoms with Gasteiger partial charge in [0.05, 0.1) is 0 Å². The molecule has 0 rings (SSSR count). The Morgan fingerprint density at radius 2 is 1.45 bits per heavy atom. The van der Waals surface area contributed by atoms with Crippen molar-refractivity contribution in [3.05, 3.63) is 11.8 Å². The van der Waals surface area contributed by atoms with Crippen LogP contribution in [0.5, 0.6) is 0 Å². The topological polar surface area (TPSA) is 40.1 Å². The zero-order chi connectivity index (χ0) is 5.86. The Labute approximate surface area is 81.6 Å². The van der Waals surface area contributed by atoms with E-state index in [1.807, 2.05) is 0 Å². The molecule has 0 saturated carbocycles. The van der Waals surface area contributed by atoms with Gasteiger partial charge in [-0.3, -0.25) is 4.79 Å². The van der Waals surface area contributed by atoms with E-state index in [2.05, 4.69) is 0 Å². The largest absolute Gasteiger partial charge is 4.00 e. The summed E-state index contributed by atoms with van der Waals surface area (Å²) in [6.45, 7) is 2.70. The molecule has 6 heteroatoms. The van der Waals surface area contributed by atoms with Crippen LogP contribution in [0.15, 0.2) is 11.8 Å². The fourth-order valence-electron chi connectivity index (χ4n) is 0.286. The van der Waals surface area contributed by atoms with Gasteiger partial charge in [0.25, 0.3) is 0 Å². The first-order valence-electron chi connectivity index (χ1n) is 1.99. The number of hydrogen-bond acceptors (Lipinski definition) is 2. The molecule has 0 heterocycles. The van der Waals surface area contributed by atoms with Gasteiger partial charge in [-0.2, -0.15) is 0 Å². The van der Waals surface area contributed by atoms with Crippen LogP contribution in [0, 0.1) is 0 Å². The molecular formula is C5H7F3HfO2. The molecule has 0 aromatic carbocycles. The Morgan fingerprint density at radius 3 is 1.45 bits per heavy atom. The molecule has 0 saturated heterocycles. The van der Waals surface area contributed by atoms with Gasteiger partial charge in [-0.15, -0.1) is 5.76 Å². The third-order valence-corrected chi connectivity index (χ3v) is 0.407. The quantitative estimate of drug-likeness (QED) is 0.271. The molecule has 11 heavy (non-hydrogen) atoms. The zero-order valence-electron chi connectivity index (χ0n) is 6.03. The number of ketones is 1. The second-order valence-electron chi connectivity index (χ2n) is 1.37. The van der Waals surface area contributed by atoms with Gasteiger partial charge in [0.1, 0.15) is 0 Å². The molecule has 0 aromatic rings. The van der Waals surface area contributed by atoms with Gasteiger partial charge >= 0.3 is 25.8 Å². The van der Waals surface area contributed by atoms with Gasteiger partial charge in [0, 0.05) is 0 Å². The average molecular weight is 335 g/mol. The Kier molecular flexibility index (Phi) is 46.0. The molecule has 0 bridgehead atoms. The van der Waals surface area contributed by atoms with Crippen LogP contribution in [0.2, 0.25) is 0 Å². The van der Waals surface area contributed by atoms with Gasteiger partial charge in [-0.25, -0.2) is 0 Å². The minimum Gasteiger partial charge on any atom is -1.00 e. The van der Waals surface area contributed by atoms with E-state index in [1.54, 1.807) is 0 Å². The van der Waals surface area contributed by atoms with Crippen LogP contribution in [0.1, 0.15) is 13.8 Å².